The molecule has 1 unspecified atom stereocenters. The van der Waals surface area contributed by atoms with Crippen molar-refractivity contribution in [3.05, 3.63) is 16.1 Å². The van der Waals surface area contributed by atoms with Gasteiger partial charge in [0.05, 0.1) is 0 Å². The SMILES string of the molecule is CCC(NCc1ncc(C)s1)C(=O)O. The van der Waals surface area contributed by atoms with Crippen molar-refractivity contribution >= 4 is 17.3 Å². The van der Waals surface area contributed by atoms with Crippen LogP contribution in [-0.4, -0.2) is 22.1 Å². The molecule has 0 aliphatic heterocycles. The summed E-state index contributed by atoms with van der Waals surface area (Å²) in [6.07, 6.45) is 2.38. The third kappa shape index (κ3) is 3.08. The van der Waals surface area contributed by atoms with E-state index in [1.54, 1.807) is 17.5 Å². The Kier molecular flexibility index (Phi) is 4.03. The van der Waals surface area contributed by atoms with Gasteiger partial charge in [-0.1, -0.05) is 6.92 Å². The van der Waals surface area contributed by atoms with Crippen molar-refractivity contribution in [2.45, 2.75) is 32.9 Å². The maximum Gasteiger partial charge on any atom is 0.320 e. The summed E-state index contributed by atoms with van der Waals surface area (Å²) in [5.74, 6) is -0.805. The Labute approximate surface area is 87.0 Å². The lowest BCUT2D eigenvalue weighted by atomic mass is 10.2. The minimum Gasteiger partial charge on any atom is -0.480 e. The highest BCUT2D eigenvalue weighted by Crippen LogP contribution is 2.10. The first-order valence-corrected chi connectivity index (χ1v) is 5.32. The molecule has 0 radical (unpaired) electrons. The van der Waals surface area contributed by atoms with Gasteiger partial charge in [-0.25, -0.2) is 4.98 Å². The molecule has 0 saturated carbocycles. The number of hydrogen-bond donors (Lipinski definition) is 2. The number of carboxylic acid groups (broad SMARTS) is 1. The van der Waals surface area contributed by atoms with E-state index in [1.165, 1.54) is 0 Å². The van der Waals surface area contributed by atoms with Crippen LogP contribution in [-0.2, 0) is 11.3 Å². The largest absolute Gasteiger partial charge is 0.480 e. The highest BCUT2D eigenvalue weighted by Gasteiger charge is 2.14. The molecule has 0 bridgehead atoms. The summed E-state index contributed by atoms with van der Waals surface area (Å²) in [7, 11) is 0. The summed E-state index contributed by atoms with van der Waals surface area (Å²) < 4.78 is 0. The van der Waals surface area contributed by atoms with Crippen LogP contribution in [0, 0.1) is 6.92 Å². The molecule has 4 nitrogen and oxygen atoms in total. The molecule has 1 aromatic heterocycles. The van der Waals surface area contributed by atoms with Gasteiger partial charge >= 0.3 is 5.97 Å². The molecule has 0 amide bonds. The predicted molar refractivity (Wildman–Crippen MR) is 55.4 cm³/mol. The highest BCUT2D eigenvalue weighted by atomic mass is 32.1. The van der Waals surface area contributed by atoms with Crippen molar-refractivity contribution in [2.24, 2.45) is 0 Å². The third-order valence-electron chi connectivity index (χ3n) is 1.88. The summed E-state index contributed by atoms with van der Waals surface area (Å²) in [6.45, 7) is 4.36. The van der Waals surface area contributed by atoms with Crippen LogP contribution < -0.4 is 5.32 Å². The van der Waals surface area contributed by atoms with Crippen LogP contribution in [0.25, 0.3) is 0 Å². The Bertz CT molecular complexity index is 312. The van der Waals surface area contributed by atoms with E-state index in [0.29, 0.717) is 13.0 Å². The molecule has 0 spiro atoms. The van der Waals surface area contributed by atoms with E-state index in [2.05, 4.69) is 10.3 Å². The van der Waals surface area contributed by atoms with Gasteiger partial charge in [-0.3, -0.25) is 10.1 Å². The Balaban J connectivity index is 2.43. The first kappa shape index (κ1) is 11.1. The Morgan fingerprint density at radius 3 is 2.93 bits per heavy atom. The van der Waals surface area contributed by atoms with Gasteiger partial charge in [0.25, 0.3) is 0 Å². The summed E-state index contributed by atoms with van der Waals surface area (Å²) in [5, 5.41) is 12.7. The van der Waals surface area contributed by atoms with E-state index in [0.717, 1.165) is 9.88 Å². The Hall–Kier alpha value is -0.940. The second-order valence-electron chi connectivity index (χ2n) is 3.04. The van der Waals surface area contributed by atoms with Gasteiger partial charge < -0.3 is 5.11 Å². The van der Waals surface area contributed by atoms with E-state index >= 15 is 0 Å². The molecule has 2 N–H and O–H groups in total. The second-order valence-corrected chi connectivity index (χ2v) is 4.36. The fraction of sp³-hybridized carbons (Fsp3) is 0.556. The van der Waals surface area contributed by atoms with Crippen LogP contribution in [0.5, 0.6) is 0 Å². The lowest BCUT2D eigenvalue weighted by Gasteiger charge is -2.09. The highest BCUT2D eigenvalue weighted by molar-refractivity contribution is 7.11. The molecule has 78 valence electrons. The zero-order valence-corrected chi connectivity index (χ0v) is 9.10. The normalized spacial score (nSPS) is 12.7. The maximum atomic E-state index is 10.7. The summed E-state index contributed by atoms with van der Waals surface area (Å²) in [5.41, 5.74) is 0. The molecule has 1 aromatic rings. The molecule has 1 heterocycles. The number of thiazole rings is 1. The lowest BCUT2D eigenvalue weighted by Crippen LogP contribution is -2.35. The standard InChI is InChI=1S/C9H14N2O2S/c1-3-7(9(12)13)10-5-8-11-4-6(2)14-8/h4,7,10H,3,5H2,1-2H3,(H,12,13). The number of carbonyl (C=O) groups is 1. The molecule has 0 aliphatic rings. The first-order valence-electron chi connectivity index (χ1n) is 4.51. The number of aryl methyl sites for hydroxylation is 1. The lowest BCUT2D eigenvalue weighted by molar-refractivity contribution is -0.139. The topological polar surface area (TPSA) is 62.2 Å². The van der Waals surface area contributed by atoms with E-state index in [-0.39, 0.29) is 0 Å². The van der Waals surface area contributed by atoms with Crippen LogP contribution in [0.2, 0.25) is 0 Å². The zero-order valence-electron chi connectivity index (χ0n) is 8.28. The number of rotatable bonds is 5. The fourth-order valence-corrected chi connectivity index (χ4v) is 1.84. The molecule has 0 fully saturated rings. The first-order chi connectivity index (χ1) is 6.63. The molecule has 14 heavy (non-hydrogen) atoms. The van der Waals surface area contributed by atoms with Crippen molar-refractivity contribution in [3.8, 4) is 0 Å². The molecular formula is C9H14N2O2S. The van der Waals surface area contributed by atoms with E-state index in [9.17, 15) is 4.79 Å². The summed E-state index contributed by atoms with van der Waals surface area (Å²) >= 11 is 1.59. The Morgan fingerprint density at radius 1 is 1.79 bits per heavy atom. The molecule has 5 heteroatoms. The van der Waals surface area contributed by atoms with Gasteiger partial charge in [0, 0.05) is 17.6 Å². The van der Waals surface area contributed by atoms with Crippen LogP contribution >= 0.6 is 11.3 Å². The van der Waals surface area contributed by atoms with Crippen LogP contribution in [0.4, 0.5) is 0 Å². The van der Waals surface area contributed by atoms with E-state index in [4.69, 9.17) is 5.11 Å². The van der Waals surface area contributed by atoms with Crippen molar-refractivity contribution in [3.63, 3.8) is 0 Å². The monoisotopic (exact) mass is 214 g/mol. The quantitative estimate of drug-likeness (QED) is 0.777. The van der Waals surface area contributed by atoms with Crippen molar-refractivity contribution in [1.29, 1.82) is 0 Å². The van der Waals surface area contributed by atoms with Crippen LogP contribution in [0.15, 0.2) is 6.20 Å². The summed E-state index contributed by atoms with van der Waals surface area (Å²) in [6, 6.07) is -0.473. The molecule has 0 saturated heterocycles. The zero-order chi connectivity index (χ0) is 10.6. The fourth-order valence-electron chi connectivity index (χ4n) is 1.10. The van der Waals surface area contributed by atoms with Crippen molar-refractivity contribution in [2.75, 3.05) is 0 Å². The minimum atomic E-state index is -0.805. The smallest absolute Gasteiger partial charge is 0.320 e. The Morgan fingerprint density at radius 2 is 2.50 bits per heavy atom. The number of carboxylic acids is 1. The maximum absolute atomic E-state index is 10.7. The predicted octanol–water partition coefficient (Wildman–Crippen LogP) is 1.40. The molecular weight excluding hydrogens is 200 g/mol. The molecule has 0 aromatic carbocycles. The number of aromatic nitrogens is 1. The van der Waals surface area contributed by atoms with Gasteiger partial charge in [-0.05, 0) is 13.3 Å². The average molecular weight is 214 g/mol. The van der Waals surface area contributed by atoms with Gasteiger partial charge in [-0.15, -0.1) is 11.3 Å². The number of nitrogens with zero attached hydrogens (tertiary/aromatic N) is 1. The number of hydrogen-bond acceptors (Lipinski definition) is 4. The van der Waals surface area contributed by atoms with Gasteiger partial charge in [-0.2, -0.15) is 0 Å². The van der Waals surface area contributed by atoms with Gasteiger partial charge in [0.2, 0.25) is 0 Å². The number of nitrogens with one attached hydrogen (secondary N) is 1. The van der Waals surface area contributed by atoms with E-state index < -0.39 is 12.0 Å². The minimum absolute atomic E-state index is 0.473. The molecule has 1 rings (SSSR count). The second kappa shape index (κ2) is 5.07. The van der Waals surface area contributed by atoms with Crippen LogP contribution in [0.3, 0.4) is 0 Å². The molecule has 0 aliphatic carbocycles. The molecule has 1 atom stereocenters. The number of aliphatic carboxylic acids is 1. The third-order valence-corrected chi connectivity index (χ3v) is 2.79. The van der Waals surface area contributed by atoms with Crippen molar-refractivity contribution in [1.82, 2.24) is 10.3 Å². The van der Waals surface area contributed by atoms with Crippen LogP contribution in [0.1, 0.15) is 23.2 Å². The van der Waals surface area contributed by atoms with Crippen molar-refractivity contribution < 1.29 is 9.90 Å². The van der Waals surface area contributed by atoms with Gasteiger partial charge in [0.1, 0.15) is 11.0 Å². The average Bonchev–Trinajstić information content (AvgIpc) is 2.52. The van der Waals surface area contributed by atoms with Gasteiger partial charge in [0.15, 0.2) is 0 Å². The van der Waals surface area contributed by atoms with E-state index in [1.807, 2.05) is 13.8 Å². The summed E-state index contributed by atoms with van der Waals surface area (Å²) in [4.78, 5) is 16.0.